The van der Waals surface area contributed by atoms with Crippen LogP contribution in [0.2, 0.25) is 10.0 Å². The summed E-state index contributed by atoms with van der Waals surface area (Å²) in [5.41, 5.74) is 7.69. The van der Waals surface area contributed by atoms with Gasteiger partial charge in [-0.3, -0.25) is 0 Å². The van der Waals surface area contributed by atoms with E-state index in [4.69, 9.17) is 32.7 Å². The van der Waals surface area contributed by atoms with Crippen LogP contribution >= 0.6 is 23.2 Å². The number of hydrogen-bond donors (Lipinski definition) is 0. The van der Waals surface area contributed by atoms with E-state index in [1.165, 1.54) is 0 Å². The van der Waals surface area contributed by atoms with Crippen LogP contribution in [0.5, 0.6) is 11.5 Å². The second kappa shape index (κ2) is 15.6. The molecular formula is C54H38Cl2N2O2. The third-order valence-electron chi connectivity index (χ3n) is 11.3. The number of rotatable bonds is 9. The van der Waals surface area contributed by atoms with Gasteiger partial charge in [0.1, 0.15) is 11.5 Å². The summed E-state index contributed by atoms with van der Waals surface area (Å²) in [6.45, 7) is 0. The first kappa shape index (κ1) is 37.3. The molecule has 0 bridgehead atoms. The minimum Gasteiger partial charge on any atom is -0.497 e. The first-order valence-electron chi connectivity index (χ1n) is 19.8. The minimum absolute atomic E-state index is 0.606. The molecule has 0 spiro atoms. The van der Waals surface area contributed by atoms with E-state index in [-0.39, 0.29) is 0 Å². The Kier molecular flexibility index (Phi) is 9.73. The highest BCUT2D eigenvalue weighted by Crippen LogP contribution is 2.48. The van der Waals surface area contributed by atoms with Gasteiger partial charge in [0, 0.05) is 21.5 Å². The SMILES string of the molecule is COc1ccc2c(N(c3ccc(-c4ccc(N(c5cccc6ccccc56)c5cccc6cc(OC)ccc56)c(Cl)c4)cc3Cl)c3cccc4ccccc34)cccc2c1. The fourth-order valence-corrected chi connectivity index (χ4v) is 8.98. The van der Waals surface area contributed by atoms with Crippen LogP contribution in [0.4, 0.5) is 34.1 Å². The maximum atomic E-state index is 7.43. The van der Waals surface area contributed by atoms with Crippen molar-refractivity contribution in [1.82, 2.24) is 0 Å². The normalized spacial score (nSPS) is 11.3. The second-order valence-electron chi connectivity index (χ2n) is 14.7. The first-order valence-corrected chi connectivity index (χ1v) is 20.5. The van der Waals surface area contributed by atoms with Gasteiger partial charge in [0.15, 0.2) is 0 Å². The molecule has 4 nitrogen and oxygen atoms in total. The number of methoxy groups -OCH3 is 2. The zero-order valence-electron chi connectivity index (χ0n) is 32.9. The summed E-state index contributed by atoms with van der Waals surface area (Å²) < 4.78 is 11.2. The van der Waals surface area contributed by atoms with E-state index >= 15 is 0 Å². The van der Waals surface area contributed by atoms with Crippen LogP contribution in [0.1, 0.15) is 0 Å². The van der Waals surface area contributed by atoms with Gasteiger partial charge in [-0.2, -0.15) is 0 Å². The summed E-state index contributed by atoms with van der Waals surface area (Å²) in [7, 11) is 3.39. The van der Waals surface area contributed by atoms with Crippen molar-refractivity contribution in [2.45, 2.75) is 0 Å². The number of hydrogen-bond acceptors (Lipinski definition) is 4. The molecule has 10 aromatic rings. The van der Waals surface area contributed by atoms with Gasteiger partial charge >= 0.3 is 0 Å². The molecule has 0 aliphatic heterocycles. The van der Waals surface area contributed by atoms with Crippen molar-refractivity contribution in [3.05, 3.63) is 204 Å². The highest BCUT2D eigenvalue weighted by molar-refractivity contribution is 6.35. The molecule has 0 N–H and O–H groups in total. The summed E-state index contributed by atoms with van der Waals surface area (Å²) in [5.74, 6) is 1.61. The van der Waals surface area contributed by atoms with Crippen molar-refractivity contribution in [2.75, 3.05) is 24.0 Å². The predicted molar refractivity (Wildman–Crippen MR) is 254 cm³/mol. The summed E-state index contributed by atoms with van der Waals surface area (Å²) in [5, 5.41) is 10.0. The van der Waals surface area contributed by atoms with Gasteiger partial charge in [-0.25, -0.2) is 0 Å². The van der Waals surface area contributed by atoms with E-state index < -0.39 is 0 Å². The topological polar surface area (TPSA) is 24.9 Å². The highest BCUT2D eigenvalue weighted by Gasteiger charge is 2.23. The lowest BCUT2D eigenvalue weighted by Crippen LogP contribution is -2.12. The van der Waals surface area contributed by atoms with Gasteiger partial charge < -0.3 is 19.3 Å². The van der Waals surface area contributed by atoms with Crippen LogP contribution in [-0.2, 0) is 0 Å². The Bertz CT molecular complexity index is 3030. The molecule has 6 heteroatoms. The number of halogens is 2. The number of fused-ring (bicyclic) bond motifs is 4. The number of anilines is 6. The van der Waals surface area contributed by atoms with E-state index in [1.807, 2.05) is 24.3 Å². The second-order valence-corrected chi connectivity index (χ2v) is 15.5. The molecule has 60 heavy (non-hydrogen) atoms. The molecule has 0 unspecified atom stereocenters. The van der Waals surface area contributed by atoms with Crippen LogP contribution in [0.15, 0.2) is 194 Å². The average Bonchev–Trinajstić information content (AvgIpc) is 3.30. The molecule has 0 saturated heterocycles. The number of benzene rings is 10. The summed E-state index contributed by atoms with van der Waals surface area (Å²) in [6.07, 6.45) is 0. The summed E-state index contributed by atoms with van der Waals surface area (Å²) >= 11 is 14.9. The minimum atomic E-state index is 0.606. The van der Waals surface area contributed by atoms with Gasteiger partial charge in [0.05, 0.1) is 58.4 Å². The average molecular weight is 818 g/mol. The van der Waals surface area contributed by atoms with Crippen molar-refractivity contribution >= 4 is 100 Å². The lowest BCUT2D eigenvalue weighted by Gasteiger charge is -2.29. The van der Waals surface area contributed by atoms with E-state index in [9.17, 15) is 0 Å². The Labute approximate surface area is 359 Å². The Balaban J connectivity index is 1.10. The van der Waals surface area contributed by atoms with Gasteiger partial charge in [0.25, 0.3) is 0 Å². The lowest BCUT2D eigenvalue weighted by atomic mass is 10.0. The highest BCUT2D eigenvalue weighted by atomic mass is 35.5. The Morgan fingerprint density at radius 1 is 0.317 bits per heavy atom. The Hall–Kier alpha value is -6.98. The van der Waals surface area contributed by atoms with E-state index in [1.54, 1.807) is 14.2 Å². The quantitative estimate of drug-likeness (QED) is 0.145. The molecule has 10 aromatic carbocycles. The molecule has 0 fully saturated rings. The molecular weight excluding hydrogens is 780 g/mol. The summed E-state index contributed by atoms with van der Waals surface area (Å²) in [4.78, 5) is 4.53. The molecule has 0 saturated carbocycles. The van der Waals surface area contributed by atoms with Crippen LogP contribution in [0.3, 0.4) is 0 Å². The monoisotopic (exact) mass is 816 g/mol. The molecule has 0 aliphatic carbocycles. The summed E-state index contributed by atoms with van der Waals surface area (Å²) in [6, 6.07) is 67.3. The largest absolute Gasteiger partial charge is 0.497 e. The Morgan fingerprint density at radius 3 is 1.05 bits per heavy atom. The van der Waals surface area contributed by atoms with Crippen LogP contribution in [-0.4, -0.2) is 14.2 Å². The molecule has 10 rings (SSSR count). The van der Waals surface area contributed by atoms with Crippen molar-refractivity contribution in [2.24, 2.45) is 0 Å². The van der Waals surface area contributed by atoms with Crippen molar-refractivity contribution < 1.29 is 9.47 Å². The zero-order valence-corrected chi connectivity index (χ0v) is 34.5. The number of nitrogens with zero attached hydrogens (tertiary/aromatic N) is 2. The lowest BCUT2D eigenvalue weighted by molar-refractivity contribution is 0.415. The van der Waals surface area contributed by atoms with Gasteiger partial charge in [-0.1, -0.05) is 132 Å². The van der Waals surface area contributed by atoms with Crippen molar-refractivity contribution in [1.29, 1.82) is 0 Å². The van der Waals surface area contributed by atoms with E-state index in [0.717, 1.165) is 99.8 Å². The predicted octanol–water partition coefficient (Wildman–Crippen LogP) is 16.2. The maximum Gasteiger partial charge on any atom is 0.119 e. The Morgan fingerprint density at radius 2 is 0.667 bits per heavy atom. The van der Waals surface area contributed by atoms with Gasteiger partial charge in [0.2, 0.25) is 0 Å². The molecule has 0 radical (unpaired) electrons. The van der Waals surface area contributed by atoms with Gasteiger partial charge in [-0.15, -0.1) is 0 Å². The van der Waals surface area contributed by atoms with Crippen LogP contribution < -0.4 is 19.3 Å². The first-order chi connectivity index (χ1) is 29.5. The fourth-order valence-electron chi connectivity index (χ4n) is 8.45. The molecule has 0 aliphatic rings. The molecule has 0 atom stereocenters. The van der Waals surface area contributed by atoms with Crippen LogP contribution in [0.25, 0.3) is 54.2 Å². The molecule has 0 aromatic heterocycles. The third kappa shape index (κ3) is 6.61. The van der Waals surface area contributed by atoms with Gasteiger partial charge in [-0.05, 0) is 118 Å². The smallest absolute Gasteiger partial charge is 0.119 e. The standard InChI is InChI=1S/C54H38Cl2N2O2/c1-59-41-25-27-45-39(31-41)15-9-21-51(45)57(49-19-7-13-35-11-3-5-17-43(35)49)53-29-23-37(33-47(53)55)38-24-30-54(48(56)34-38)58(50-20-8-14-36-12-4-6-18-44(36)50)52-22-10-16-40-32-42(60-2)26-28-46(40)52/h3-34H,1-2H3. The third-order valence-corrected chi connectivity index (χ3v) is 11.9. The molecule has 290 valence electrons. The van der Waals surface area contributed by atoms with Crippen molar-refractivity contribution in [3.63, 3.8) is 0 Å². The van der Waals surface area contributed by atoms with Crippen LogP contribution in [0, 0.1) is 0 Å². The number of ether oxygens (including phenoxy) is 2. The van der Waals surface area contributed by atoms with E-state index in [0.29, 0.717) is 10.0 Å². The molecule has 0 heterocycles. The zero-order chi connectivity index (χ0) is 40.7. The van der Waals surface area contributed by atoms with Crippen molar-refractivity contribution in [3.8, 4) is 22.6 Å². The maximum absolute atomic E-state index is 7.43. The fraction of sp³-hybridized carbons (Fsp3) is 0.0370. The van der Waals surface area contributed by atoms with E-state index in [2.05, 4.69) is 180 Å². The molecule has 0 amide bonds.